The summed E-state index contributed by atoms with van der Waals surface area (Å²) in [5.74, 6) is -1.76. The molecule has 11 nitrogen and oxygen atoms in total. The van der Waals surface area contributed by atoms with Crippen LogP contribution >= 0.6 is 0 Å². The SMILES string of the molecule is CN(C)Cc1c(N2CCCCC2)ccc2c(CCC3CCN(CC4OCCO4)CC3)noc12.O=C(O)C=CC(=O)O. The maximum atomic E-state index is 9.55. The predicted molar refractivity (Wildman–Crippen MR) is 155 cm³/mol. The first kappa shape index (κ1) is 31.0. The maximum Gasteiger partial charge on any atom is 0.328 e. The van der Waals surface area contributed by atoms with Crippen LogP contribution in [-0.4, -0.2) is 103 Å². The number of aliphatic carboxylic acids is 2. The molecule has 41 heavy (non-hydrogen) atoms. The third-order valence-electron chi connectivity index (χ3n) is 7.93. The van der Waals surface area contributed by atoms with Gasteiger partial charge in [-0.15, -0.1) is 0 Å². The van der Waals surface area contributed by atoms with Crippen molar-refractivity contribution < 1.29 is 33.8 Å². The van der Waals surface area contributed by atoms with Crippen LogP contribution in [0.15, 0.2) is 28.8 Å². The van der Waals surface area contributed by atoms with Crippen molar-refractivity contribution in [1.29, 1.82) is 0 Å². The van der Waals surface area contributed by atoms with Crippen LogP contribution in [0, 0.1) is 5.92 Å². The molecule has 3 saturated heterocycles. The summed E-state index contributed by atoms with van der Waals surface area (Å²) in [5.41, 5.74) is 4.75. The molecule has 3 aliphatic heterocycles. The molecule has 1 aromatic carbocycles. The summed E-state index contributed by atoms with van der Waals surface area (Å²) >= 11 is 0. The fraction of sp³-hybridized carbons (Fsp3) is 0.633. The van der Waals surface area contributed by atoms with E-state index in [9.17, 15) is 9.59 Å². The second-order valence-electron chi connectivity index (χ2n) is 11.3. The van der Waals surface area contributed by atoms with E-state index in [1.54, 1.807) is 0 Å². The fourth-order valence-electron chi connectivity index (χ4n) is 5.84. The Morgan fingerprint density at radius 1 is 1.00 bits per heavy atom. The predicted octanol–water partition coefficient (Wildman–Crippen LogP) is 3.61. The molecule has 0 atom stereocenters. The number of carbonyl (C=O) groups is 2. The Bertz CT molecular complexity index is 1150. The van der Waals surface area contributed by atoms with Crippen LogP contribution in [-0.2, 0) is 32.0 Å². The van der Waals surface area contributed by atoms with Crippen molar-refractivity contribution in [3.8, 4) is 0 Å². The standard InChI is InChI=1S/C26H40N4O3.C4H4O4/c1-28(2)18-22-24(30-12-4-3-5-13-30)9-7-21-23(27-33-26(21)22)8-6-20-10-14-29(15-11-20)19-25-31-16-17-32-25;5-3(6)1-2-4(7)8/h7,9,20,25H,3-6,8,10-19H2,1-2H3;1-2H,(H,5,6)(H,7,8). The van der Waals surface area contributed by atoms with Gasteiger partial charge in [0.05, 0.1) is 18.9 Å². The van der Waals surface area contributed by atoms with E-state index in [-0.39, 0.29) is 6.29 Å². The molecule has 0 unspecified atom stereocenters. The van der Waals surface area contributed by atoms with Gasteiger partial charge in [-0.1, -0.05) is 5.16 Å². The highest BCUT2D eigenvalue weighted by Crippen LogP contribution is 2.34. The van der Waals surface area contributed by atoms with Gasteiger partial charge in [-0.3, -0.25) is 4.90 Å². The molecule has 0 radical (unpaired) electrons. The van der Waals surface area contributed by atoms with Crippen LogP contribution in [0.1, 0.15) is 49.8 Å². The van der Waals surface area contributed by atoms with E-state index in [0.717, 1.165) is 76.1 Å². The number of fused-ring (bicyclic) bond motifs is 1. The summed E-state index contributed by atoms with van der Waals surface area (Å²) in [5, 5.41) is 21.4. The van der Waals surface area contributed by atoms with Crippen molar-refractivity contribution in [2.24, 2.45) is 5.92 Å². The Hall–Kier alpha value is -2.99. The highest BCUT2D eigenvalue weighted by Gasteiger charge is 2.25. The van der Waals surface area contributed by atoms with Gasteiger partial charge in [0.2, 0.25) is 0 Å². The van der Waals surface area contributed by atoms with Gasteiger partial charge in [0.15, 0.2) is 11.9 Å². The van der Waals surface area contributed by atoms with Crippen LogP contribution in [0.25, 0.3) is 11.0 Å². The van der Waals surface area contributed by atoms with E-state index in [4.69, 9.17) is 24.2 Å². The van der Waals surface area contributed by atoms with Gasteiger partial charge in [0.1, 0.15) is 0 Å². The Labute approximate surface area is 241 Å². The molecule has 3 aliphatic rings. The van der Waals surface area contributed by atoms with Crippen molar-refractivity contribution in [3.05, 3.63) is 35.5 Å². The topological polar surface area (TPSA) is 129 Å². The number of piperidine rings is 2. The first-order chi connectivity index (χ1) is 19.8. The smallest absolute Gasteiger partial charge is 0.328 e. The van der Waals surface area contributed by atoms with Gasteiger partial charge in [0.25, 0.3) is 0 Å². The van der Waals surface area contributed by atoms with E-state index in [1.807, 2.05) is 0 Å². The number of hydrogen-bond acceptors (Lipinski definition) is 9. The Morgan fingerprint density at radius 3 is 2.27 bits per heavy atom. The molecule has 3 fully saturated rings. The molecule has 0 amide bonds. The molecule has 11 heteroatoms. The molecule has 2 N–H and O–H groups in total. The van der Waals surface area contributed by atoms with E-state index in [1.165, 1.54) is 55.2 Å². The number of nitrogens with zero attached hydrogens (tertiary/aromatic N) is 4. The van der Waals surface area contributed by atoms with Crippen molar-refractivity contribution in [3.63, 3.8) is 0 Å². The quantitative estimate of drug-likeness (QED) is 0.405. The summed E-state index contributed by atoms with van der Waals surface area (Å²) in [6.45, 7) is 7.83. The summed E-state index contributed by atoms with van der Waals surface area (Å²) in [6, 6.07) is 4.58. The second kappa shape index (κ2) is 15.3. The summed E-state index contributed by atoms with van der Waals surface area (Å²) in [6.07, 6.45) is 9.66. The van der Waals surface area contributed by atoms with Crippen molar-refractivity contribution in [2.75, 3.05) is 64.9 Å². The Kier molecular flexibility index (Phi) is 11.6. The van der Waals surface area contributed by atoms with Crippen LogP contribution in [0.2, 0.25) is 0 Å². The van der Waals surface area contributed by atoms with E-state index < -0.39 is 11.9 Å². The van der Waals surface area contributed by atoms with Crippen molar-refractivity contribution in [2.45, 2.75) is 57.8 Å². The van der Waals surface area contributed by atoms with Gasteiger partial charge in [0, 0.05) is 55.0 Å². The number of aromatic nitrogens is 1. The highest BCUT2D eigenvalue weighted by molar-refractivity contribution is 5.89. The largest absolute Gasteiger partial charge is 0.478 e. The summed E-state index contributed by atoms with van der Waals surface area (Å²) in [7, 11) is 4.26. The van der Waals surface area contributed by atoms with Crippen molar-refractivity contribution >= 4 is 28.6 Å². The zero-order valence-corrected chi connectivity index (χ0v) is 24.3. The Morgan fingerprint density at radius 2 is 1.66 bits per heavy atom. The molecule has 0 spiro atoms. The van der Waals surface area contributed by atoms with Gasteiger partial charge < -0.3 is 34.0 Å². The molecule has 2 aromatic rings. The molecule has 0 saturated carbocycles. The lowest BCUT2D eigenvalue weighted by molar-refractivity contribution is -0.134. The number of aryl methyl sites for hydroxylation is 1. The number of rotatable bonds is 10. The lowest BCUT2D eigenvalue weighted by Gasteiger charge is -2.32. The molecular formula is C30H44N4O7. The normalized spacial score (nSPS) is 19.2. The maximum absolute atomic E-state index is 9.55. The number of carboxylic acid groups (broad SMARTS) is 2. The minimum absolute atomic E-state index is 0.0192. The molecule has 0 bridgehead atoms. The summed E-state index contributed by atoms with van der Waals surface area (Å²) in [4.78, 5) is 26.4. The lowest BCUT2D eigenvalue weighted by atomic mass is 9.91. The van der Waals surface area contributed by atoms with Gasteiger partial charge >= 0.3 is 11.9 Å². The number of carboxylic acids is 2. The minimum Gasteiger partial charge on any atom is -0.478 e. The number of anilines is 1. The van der Waals surface area contributed by atoms with Gasteiger partial charge in [-0.05, 0) is 90.2 Å². The van der Waals surface area contributed by atoms with E-state index in [0.29, 0.717) is 12.2 Å². The second-order valence-corrected chi connectivity index (χ2v) is 11.3. The molecular weight excluding hydrogens is 528 g/mol. The first-order valence-corrected chi connectivity index (χ1v) is 14.7. The van der Waals surface area contributed by atoms with Crippen LogP contribution in [0.5, 0.6) is 0 Å². The zero-order valence-electron chi connectivity index (χ0n) is 24.3. The number of likely N-dealkylation sites (tertiary alicyclic amines) is 1. The number of ether oxygens (including phenoxy) is 2. The first-order valence-electron chi connectivity index (χ1n) is 14.7. The fourth-order valence-corrected chi connectivity index (χ4v) is 5.84. The van der Waals surface area contributed by atoms with Gasteiger partial charge in [-0.2, -0.15) is 0 Å². The van der Waals surface area contributed by atoms with Crippen molar-refractivity contribution in [1.82, 2.24) is 15.0 Å². The van der Waals surface area contributed by atoms with Crippen LogP contribution < -0.4 is 4.90 Å². The lowest BCUT2D eigenvalue weighted by Crippen LogP contribution is -2.39. The van der Waals surface area contributed by atoms with Crippen LogP contribution in [0.3, 0.4) is 0 Å². The van der Waals surface area contributed by atoms with E-state index >= 15 is 0 Å². The summed E-state index contributed by atoms with van der Waals surface area (Å²) < 4.78 is 17.2. The van der Waals surface area contributed by atoms with E-state index in [2.05, 4.69) is 46.1 Å². The average molecular weight is 573 g/mol. The average Bonchev–Trinajstić information content (AvgIpc) is 3.62. The third kappa shape index (κ3) is 9.26. The Balaban J connectivity index is 0.000000426. The highest BCUT2D eigenvalue weighted by atomic mass is 16.7. The minimum atomic E-state index is -1.26. The zero-order chi connectivity index (χ0) is 29.2. The molecule has 1 aromatic heterocycles. The molecule has 226 valence electrons. The molecule has 4 heterocycles. The molecule has 5 rings (SSSR count). The van der Waals surface area contributed by atoms with Gasteiger partial charge in [-0.25, -0.2) is 9.59 Å². The number of benzene rings is 1. The number of hydrogen-bond donors (Lipinski definition) is 2. The molecule has 0 aliphatic carbocycles. The third-order valence-corrected chi connectivity index (χ3v) is 7.93. The van der Waals surface area contributed by atoms with Crippen LogP contribution in [0.4, 0.5) is 5.69 Å². The monoisotopic (exact) mass is 572 g/mol.